The molecule has 25 heavy (non-hydrogen) atoms. The van der Waals surface area contributed by atoms with Crippen LogP contribution < -0.4 is 4.74 Å². The number of benzene rings is 3. The Morgan fingerprint density at radius 2 is 1.44 bits per heavy atom. The highest BCUT2D eigenvalue weighted by atomic mass is 16.5. The number of nitrogens with zero attached hydrogens (tertiary/aromatic N) is 3. The van der Waals surface area contributed by atoms with Gasteiger partial charge in [0.1, 0.15) is 11.3 Å². The first-order valence-corrected chi connectivity index (χ1v) is 8.17. The highest BCUT2D eigenvalue weighted by molar-refractivity contribution is 5.81. The van der Waals surface area contributed by atoms with Gasteiger partial charge >= 0.3 is 0 Å². The number of hydrogen-bond donors (Lipinski definition) is 0. The molecule has 0 aliphatic heterocycles. The second kappa shape index (κ2) is 6.00. The van der Waals surface area contributed by atoms with Crippen LogP contribution in [0.25, 0.3) is 21.6 Å². The van der Waals surface area contributed by atoms with Gasteiger partial charge in [-0.15, -0.1) is 0 Å². The highest BCUT2D eigenvalue weighted by Crippen LogP contribution is 2.51. The predicted octanol–water partition coefficient (Wildman–Crippen LogP) is 5.47. The van der Waals surface area contributed by atoms with Crippen molar-refractivity contribution in [2.75, 3.05) is 7.11 Å². The zero-order valence-corrected chi connectivity index (χ0v) is 13.9. The van der Waals surface area contributed by atoms with Crippen LogP contribution in [0.2, 0.25) is 0 Å². The van der Waals surface area contributed by atoms with Crippen LogP contribution >= 0.6 is 0 Å². The first-order chi connectivity index (χ1) is 12.3. The molecule has 4 heteroatoms. The molecule has 3 aromatic rings. The van der Waals surface area contributed by atoms with Gasteiger partial charge in [-0.3, -0.25) is 0 Å². The SMILES string of the molecule is COc1ccc(CC2(N=[N+]=[N-])c3ccccc3-c3ccccc32)cc1. The van der Waals surface area contributed by atoms with E-state index in [9.17, 15) is 5.53 Å². The Morgan fingerprint density at radius 1 is 0.880 bits per heavy atom. The molecular formula is C21H17N3O. The van der Waals surface area contributed by atoms with Crippen LogP contribution in [-0.2, 0) is 12.0 Å². The number of fused-ring (bicyclic) bond motifs is 3. The molecule has 0 spiro atoms. The van der Waals surface area contributed by atoms with Crippen LogP contribution in [-0.4, -0.2) is 7.11 Å². The first kappa shape index (κ1) is 15.3. The van der Waals surface area contributed by atoms with E-state index < -0.39 is 5.54 Å². The monoisotopic (exact) mass is 327 g/mol. The maximum Gasteiger partial charge on any atom is 0.118 e. The molecule has 0 bridgehead atoms. The van der Waals surface area contributed by atoms with Crippen LogP contribution in [0.15, 0.2) is 77.9 Å². The van der Waals surface area contributed by atoms with Gasteiger partial charge in [0.25, 0.3) is 0 Å². The maximum atomic E-state index is 9.34. The Bertz CT molecular complexity index is 927. The van der Waals surface area contributed by atoms with Crippen molar-refractivity contribution < 1.29 is 4.74 Å². The van der Waals surface area contributed by atoms with Gasteiger partial charge in [-0.1, -0.05) is 65.8 Å². The summed E-state index contributed by atoms with van der Waals surface area (Å²) in [7, 11) is 1.65. The lowest BCUT2D eigenvalue weighted by atomic mass is 9.82. The molecule has 0 aromatic heterocycles. The molecule has 1 aliphatic rings. The van der Waals surface area contributed by atoms with Gasteiger partial charge < -0.3 is 4.74 Å². The van der Waals surface area contributed by atoms with E-state index in [4.69, 9.17) is 4.74 Å². The lowest BCUT2D eigenvalue weighted by Crippen LogP contribution is -2.25. The zero-order chi connectivity index (χ0) is 17.3. The van der Waals surface area contributed by atoms with E-state index in [0.717, 1.165) is 33.6 Å². The number of methoxy groups -OCH3 is 1. The summed E-state index contributed by atoms with van der Waals surface area (Å²) in [5.41, 5.74) is 14.1. The number of rotatable bonds is 4. The summed E-state index contributed by atoms with van der Waals surface area (Å²) in [5, 5.41) is 4.32. The van der Waals surface area contributed by atoms with E-state index in [-0.39, 0.29) is 0 Å². The lowest BCUT2D eigenvalue weighted by Gasteiger charge is -2.27. The molecular weight excluding hydrogens is 310 g/mol. The summed E-state index contributed by atoms with van der Waals surface area (Å²) in [6.07, 6.45) is 0.606. The minimum absolute atomic E-state index is 0.606. The molecule has 0 heterocycles. The third-order valence-electron chi connectivity index (χ3n) is 4.87. The molecule has 0 saturated carbocycles. The summed E-state index contributed by atoms with van der Waals surface area (Å²) in [4.78, 5) is 3.22. The van der Waals surface area contributed by atoms with Crippen molar-refractivity contribution in [3.63, 3.8) is 0 Å². The van der Waals surface area contributed by atoms with Crippen molar-refractivity contribution in [1.82, 2.24) is 0 Å². The molecule has 1 aliphatic carbocycles. The molecule has 0 atom stereocenters. The van der Waals surface area contributed by atoms with E-state index in [1.807, 2.05) is 48.5 Å². The molecule has 4 rings (SSSR count). The summed E-state index contributed by atoms with van der Waals surface area (Å²) in [5.74, 6) is 0.814. The van der Waals surface area contributed by atoms with Gasteiger partial charge in [-0.2, -0.15) is 0 Å². The Morgan fingerprint density at radius 3 is 1.96 bits per heavy atom. The molecule has 3 aromatic carbocycles. The summed E-state index contributed by atoms with van der Waals surface area (Å²) in [6, 6.07) is 24.3. The largest absolute Gasteiger partial charge is 0.497 e. The molecule has 0 radical (unpaired) electrons. The Balaban J connectivity index is 1.91. The summed E-state index contributed by atoms with van der Waals surface area (Å²) in [6.45, 7) is 0. The zero-order valence-electron chi connectivity index (χ0n) is 13.9. The summed E-state index contributed by atoms with van der Waals surface area (Å²) < 4.78 is 5.24. The van der Waals surface area contributed by atoms with Crippen LogP contribution in [0, 0.1) is 0 Å². The molecule has 122 valence electrons. The number of azide groups is 1. The van der Waals surface area contributed by atoms with Gasteiger partial charge in [0, 0.05) is 4.91 Å². The van der Waals surface area contributed by atoms with Crippen molar-refractivity contribution in [1.29, 1.82) is 0 Å². The van der Waals surface area contributed by atoms with Crippen LogP contribution in [0.3, 0.4) is 0 Å². The van der Waals surface area contributed by atoms with E-state index in [0.29, 0.717) is 6.42 Å². The molecule has 0 saturated heterocycles. The van der Waals surface area contributed by atoms with Gasteiger partial charge in [-0.05, 0) is 51.9 Å². The molecule has 0 amide bonds. The van der Waals surface area contributed by atoms with Crippen molar-refractivity contribution in [2.45, 2.75) is 12.0 Å². The fourth-order valence-electron chi connectivity index (χ4n) is 3.75. The average molecular weight is 327 g/mol. The van der Waals surface area contributed by atoms with Gasteiger partial charge in [0.15, 0.2) is 0 Å². The van der Waals surface area contributed by atoms with E-state index >= 15 is 0 Å². The van der Waals surface area contributed by atoms with E-state index in [2.05, 4.69) is 34.3 Å². The Hall–Kier alpha value is -3.23. The minimum Gasteiger partial charge on any atom is -0.497 e. The van der Waals surface area contributed by atoms with Gasteiger partial charge in [-0.25, -0.2) is 0 Å². The lowest BCUT2D eigenvalue weighted by molar-refractivity contribution is 0.414. The van der Waals surface area contributed by atoms with Crippen LogP contribution in [0.5, 0.6) is 5.75 Å². The van der Waals surface area contributed by atoms with Gasteiger partial charge in [0.05, 0.1) is 7.11 Å². The molecule has 4 nitrogen and oxygen atoms in total. The van der Waals surface area contributed by atoms with Crippen molar-refractivity contribution in [3.05, 3.63) is 99.9 Å². The molecule has 0 unspecified atom stereocenters. The third-order valence-corrected chi connectivity index (χ3v) is 4.87. The summed E-state index contributed by atoms with van der Waals surface area (Å²) >= 11 is 0. The molecule has 0 N–H and O–H groups in total. The number of ether oxygens (including phenoxy) is 1. The predicted molar refractivity (Wildman–Crippen MR) is 98.5 cm³/mol. The standard InChI is InChI=1S/C21H17N3O/c1-25-16-12-10-15(11-13-16)14-21(23-24-22)19-8-4-2-6-17(19)18-7-3-5-9-20(18)21/h2-13H,14H2,1H3. The van der Waals surface area contributed by atoms with Crippen LogP contribution in [0.1, 0.15) is 16.7 Å². The van der Waals surface area contributed by atoms with Gasteiger partial charge in [0.2, 0.25) is 0 Å². The third kappa shape index (κ3) is 2.35. The smallest absolute Gasteiger partial charge is 0.118 e. The highest BCUT2D eigenvalue weighted by Gasteiger charge is 2.42. The number of hydrogen-bond acceptors (Lipinski definition) is 2. The second-order valence-corrected chi connectivity index (χ2v) is 6.17. The van der Waals surface area contributed by atoms with Crippen molar-refractivity contribution >= 4 is 0 Å². The Kier molecular flexibility index (Phi) is 3.68. The molecule has 0 fully saturated rings. The van der Waals surface area contributed by atoms with E-state index in [1.54, 1.807) is 7.11 Å². The average Bonchev–Trinajstić information content (AvgIpc) is 2.94. The Labute approximate surface area is 146 Å². The second-order valence-electron chi connectivity index (χ2n) is 6.17. The fraction of sp³-hybridized carbons (Fsp3) is 0.143. The normalized spacial score (nSPS) is 13.5. The fourth-order valence-corrected chi connectivity index (χ4v) is 3.75. The van der Waals surface area contributed by atoms with Crippen LogP contribution in [0.4, 0.5) is 0 Å². The topological polar surface area (TPSA) is 58.0 Å². The van der Waals surface area contributed by atoms with Crippen molar-refractivity contribution in [3.8, 4) is 16.9 Å². The first-order valence-electron chi connectivity index (χ1n) is 8.17. The minimum atomic E-state index is -0.726. The quantitative estimate of drug-likeness (QED) is 0.356. The maximum absolute atomic E-state index is 9.34. The van der Waals surface area contributed by atoms with Crippen molar-refractivity contribution in [2.24, 2.45) is 5.11 Å². The van der Waals surface area contributed by atoms with E-state index in [1.165, 1.54) is 0 Å².